The lowest BCUT2D eigenvalue weighted by Crippen LogP contribution is -2.42. The third-order valence-electron chi connectivity index (χ3n) is 2.70. The van der Waals surface area contributed by atoms with Gasteiger partial charge in [0.2, 0.25) is 0 Å². The highest BCUT2D eigenvalue weighted by Gasteiger charge is 2.36. The first-order chi connectivity index (χ1) is 6.33. The lowest BCUT2D eigenvalue weighted by molar-refractivity contribution is -0.116. The molecule has 0 saturated heterocycles. The Bertz CT molecular complexity index is 135. The molecule has 0 aromatic heterocycles. The van der Waals surface area contributed by atoms with E-state index in [0.717, 1.165) is 19.6 Å². The molecule has 3 heteroatoms. The van der Waals surface area contributed by atoms with Crippen LogP contribution in [0.15, 0.2) is 0 Å². The third kappa shape index (κ3) is 3.25. The Morgan fingerprint density at radius 3 is 2.54 bits per heavy atom. The summed E-state index contributed by atoms with van der Waals surface area (Å²) in [5.41, 5.74) is 5.66. The molecule has 1 saturated carbocycles. The standard InChI is InChI=1S/C10H21NO2/c1-2-12-8-9-13-10(6-7-11)4-3-5-10/h2-9,11H2,1H3. The normalized spacial score (nSPS) is 19.8. The van der Waals surface area contributed by atoms with Gasteiger partial charge in [0.05, 0.1) is 18.8 Å². The molecular formula is C10H21NO2. The molecule has 0 spiro atoms. The quantitative estimate of drug-likeness (QED) is 0.611. The molecule has 0 radical (unpaired) electrons. The molecular weight excluding hydrogens is 166 g/mol. The molecule has 78 valence electrons. The van der Waals surface area contributed by atoms with E-state index in [-0.39, 0.29) is 5.60 Å². The summed E-state index contributed by atoms with van der Waals surface area (Å²) in [7, 11) is 0. The second-order valence-corrected chi connectivity index (χ2v) is 3.62. The highest BCUT2D eigenvalue weighted by Crippen LogP contribution is 2.37. The van der Waals surface area contributed by atoms with Crippen molar-refractivity contribution in [2.45, 2.75) is 38.2 Å². The highest BCUT2D eigenvalue weighted by atomic mass is 16.5. The van der Waals surface area contributed by atoms with Crippen molar-refractivity contribution in [1.29, 1.82) is 0 Å². The molecule has 2 N–H and O–H groups in total. The molecule has 1 aliphatic rings. The summed E-state index contributed by atoms with van der Waals surface area (Å²) in [5.74, 6) is 0. The summed E-state index contributed by atoms with van der Waals surface area (Å²) in [5, 5.41) is 0. The average molecular weight is 187 g/mol. The fourth-order valence-corrected chi connectivity index (χ4v) is 1.76. The van der Waals surface area contributed by atoms with Gasteiger partial charge in [-0.25, -0.2) is 0 Å². The third-order valence-corrected chi connectivity index (χ3v) is 2.70. The Balaban J connectivity index is 2.09. The molecule has 1 fully saturated rings. The van der Waals surface area contributed by atoms with Crippen LogP contribution in [0.4, 0.5) is 0 Å². The molecule has 0 atom stereocenters. The van der Waals surface area contributed by atoms with Crippen LogP contribution >= 0.6 is 0 Å². The van der Waals surface area contributed by atoms with Gasteiger partial charge in [0.1, 0.15) is 0 Å². The summed E-state index contributed by atoms with van der Waals surface area (Å²) in [6.45, 7) is 4.93. The van der Waals surface area contributed by atoms with E-state index in [2.05, 4.69) is 0 Å². The molecule has 13 heavy (non-hydrogen) atoms. The van der Waals surface area contributed by atoms with E-state index in [9.17, 15) is 0 Å². The molecule has 0 aromatic carbocycles. The largest absolute Gasteiger partial charge is 0.379 e. The summed E-state index contributed by atoms with van der Waals surface area (Å²) >= 11 is 0. The maximum Gasteiger partial charge on any atom is 0.0708 e. The first kappa shape index (κ1) is 11.0. The Morgan fingerprint density at radius 2 is 2.08 bits per heavy atom. The zero-order valence-electron chi connectivity index (χ0n) is 8.55. The van der Waals surface area contributed by atoms with Crippen LogP contribution in [0, 0.1) is 0 Å². The van der Waals surface area contributed by atoms with Gasteiger partial charge >= 0.3 is 0 Å². The molecule has 0 unspecified atom stereocenters. The van der Waals surface area contributed by atoms with Crippen molar-refractivity contribution in [3.63, 3.8) is 0 Å². The van der Waals surface area contributed by atoms with Crippen LogP contribution in [-0.4, -0.2) is 32.0 Å². The average Bonchev–Trinajstić information content (AvgIpc) is 2.08. The van der Waals surface area contributed by atoms with Crippen LogP contribution in [-0.2, 0) is 9.47 Å². The molecule has 0 amide bonds. The van der Waals surface area contributed by atoms with Crippen molar-refractivity contribution in [2.24, 2.45) is 5.73 Å². The minimum absolute atomic E-state index is 0.117. The smallest absolute Gasteiger partial charge is 0.0708 e. The maximum atomic E-state index is 5.80. The zero-order valence-corrected chi connectivity index (χ0v) is 8.55. The second-order valence-electron chi connectivity index (χ2n) is 3.62. The van der Waals surface area contributed by atoms with E-state index in [0.29, 0.717) is 13.2 Å². The van der Waals surface area contributed by atoms with Gasteiger partial charge < -0.3 is 15.2 Å². The lowest BCUT2D eigenvalue weighted by atomic mass is 9.77. The molecule has 0 aromatic rings. The summed E-state index contributed by atoms with van der Waals surface area (Å²) < 4.78 is 11.0. The van der Waals surface area contributed by atoms with E-state index in [1.54, 1.807) is 0 Å². The van der Waals surface area contributed by atoms with Gasteiger partial charge in [-0.05, 0) is 39.2 Å². The van der Waals surface area contributed by atoms with E-state index in [1.807, 2.05) is 6.92 Å². The number of hydrogen-bond donors (Lipinski definition) is 1. The lowest BCUT2D eigenvalue weighted by Gasteiger charge is -2.41. The van der Waals surface area contributed by atoms with Crippen LogP contribution in [0.3, 0.4) is 0 Å². The van der Waals surface area contributed by atoms with Crippen molar-refractivity contribution >= 4 is 0 Å². The molecule has 1 aliphatic carbocycles. The van der Waals surface area contributed by atoms with Crippen LogP contribution in [0.5, 0.6) is 0 Å². The van der Waals surface area contributed by atoms with E-state index in [1.165, 1.54) is 19.3 Å². The van der Waals surface area contributed by atoms with Gasteiger partial charge in [-0.3, -0.25) is 0 Å². The molecule has 0 aliphatic heterocycles. The first-order valence-electron chi connectivity index (χ1n) is 5.25. The van der Waals surface area contributed by atoms with Gasteiger partial charge in [0, 0.05) is 6.61 Å². The highest BCUT2D eigenvalue weighted by molar-refractivity contribution is 4.89. The Hall–Kier alpha value is -0.120. The first-order valence-corrected chi connectivity index (χ1v) is 5.25. The fourth-order valence-electron chi connectivity index (χ4n) is 1.76. The van der Waals surface area contributed by atoms with Crippen LogP contribution in [0.1, 0.15) is 32.6 Å². The maximum absolute atomic E-state index is 5.80. The SMILES string of the molecule is CCOCCOC1(CCN)CCC1. The summed E-state index contributed by atoms with van der Waals surface area (Å²) in [4.78, 5) is 0. The Kier molecular flexibility index (Phi) is 4.70. The molecule has 0 heterocycles. The van der Waals surface area contributed by atoms with Gasteiger partial charge in [0.15, 0.2) is 0 Å². The molecule has 0 bridgehead atoms. The number of hydrogen-bond acceptors (Lipinski definition) is 3. The monoisotopic (exact) mass is 187 g/mol. The van der Waals surface area contributed by atoms with Crippen LogP contribution in [0.2, 0.25) is 0 Å². The van der Waals surface area contributed by atoms with Crippen molar-refractivity contribution in [3.8, 4) is 0 Å². The summed E-state index contributed by atoms with van der Waals surface area (Å²) in [6, 6.07) is 0. The minimum Gasteiger partial charge on any atom is -0.379 e. The van der Waals surface area contributed by atoms with E-state index in [4.69, 9.17) is 15.2 Å². The van der Waals surface area contributed by atoms with Gasteiger partial charge in [0.25, 0.3) is 0 Å². The predicted molar refractivity (Wildman–Crippen MR) is 52.7 cm³/mol. The number of nitrogens with two attached hydrogens (primary N) is 1. The topological polar surface area (TPSA) is 44.5 Å². The zero-order chi connectivity index (χ0) is 9.57. The number of ether oxygens (including phenoxy) is 2. The molecule has 3 nitrogen and oxygen atoms in total. The van der Waals surface area contributed by atoms with Crippen molar-refractivity contribution < 1.29 is 9.47 Å². The van der Waals surface area contributed by atoms with Gasteiger partial charge in [-0.1, -0.05) is 0 Å². The Morgan fingerprint density at radius 1 is 1.31 bits per heavy atom. The van der Waals surface area contributed by atoms with Crippen LogP contribution in [0.25, 0.3) is 0 Å². The molecule has 1 rings (SSSR count). The minimum atomic E-state index is 0.117. The van der Waals surface area contributed by atoms with E-state index < -0.39 is 0 Å². The Labute approximate surface area is 80.6 Å². The second kappa shape index (κ2) is 5.58. The summed E-state index contributed by atoms with van der Waals surface area (Å²) in [6.07, 6.45) is 4.64. The number of rotatable bonds is 7. The van der Waals surface area contributed by atoms with Crippen molar-refractivity contribution in [2.75, 3.05) is 26.4 Å². The van der Waals surface area contributed by atoms with Gasteiger partial charge in [-0.15, -0.1) is 0 Å². The fraction of sp³-hybridized carbons (Fsp3) is 1.00. The van der Waals surface area contributed by atoms with Gasteiger partial charge in [-0.2, -0.15) is 0 Å². The van der Waals surface area contributed by atoms with Crippen molar-refractivity contribution in [3.05, 3.63) is 0 Å². The van der Waals surface area contributed by atoms with Crippen molar-refractivity contribution in [1.82, 2.24) is 0 Å². The van der Waals surface area contributed by atoms with E-state index >= 15 is 0 Å². The predicted octanol–water partition coefficient (Wildman–Crippen LogP) is 1.31. The van der Waals surface area contributed by atoms with Crippen LogP contribution < -0.4 is 5.73 Å².